The van der Waals surface area contributed by atoms with Crippen molar-refractivity contribution in [2.45, 2.75) is 6.92 Å². The Morgan fingerprint density at radius 2 is 1.82 bits per heavy atom. The third-order valence-corrected chi connectivity index (χ3v) is 3.64. The maximum Gasteiger partial charge on any atom is 0.341 e. The molecule has 0 aliphatic rings. The summed E-state index contributed by atoms with van der Waals surface area (Å²) in [7, 11) is 0. The van der Waals surface area contributed by atoms with E-state index in [9.17, 15) is 4.79 Å². The van der Waals surface area contributed by atoms with Crippen LogP contribution in [0, 0.1) is 0 Å². The van der Waals surface area contributed by atoms with Gasteiger partial charge in [0.15, 0.2) is 5.65 Å². The predicted octanol–water partition coefficient (Wildman–Crippen LogP) is 3.44. The van der Waals surface area contributed by atoms with Crippen LogP contribution < -0.4 is 0 Å². The summed E-state index contributed by atoms with van der Waals surface area (Å²) in [6.45, 7) is 2.11. The van der Waals surface area contributed by atoms with E-state index in [1.807, 2.05) is 36.4 Å². The molecule has 108 valence electrons. The quantitative estimate of drug-likeness (QED) is 0.454. The van der Waals surface area contributed by atoms with E-state index in [2.05, 4.69) is 15.0 Å². The van der Waals surface area contributed by atoms with E-state index in [-0.39, 0.29) is 5.97 Å². The van der Waals surface area contributed by atoms with Gasteiger partial charge in [0.25, 0.3) is 0 Å². The van der Waals surface area contributed by atoms with Gasteiger partial charge >= 0.3 is 5.97 Å². The highest BCUT2D eigenvalue weighted by Gasteiger charge is 2.16. The van der Waals surface area contributed by atoms with Crippen LogP contribution in [0.1, 0.15) is 17.3 Å². The van der Waals surface area contributed by atoms with Crippen molar-refractivity contribution in [2.75, 3.05) is 6.61 Å². The Labute approximate surface area is 125 Å². The van der Waals surface area contributed by atoms with E-state index in [0.29, 0.717) is 23.3 Å². The van der Waals surface area contributed by atoms with Crippen LogP contribution in [0.3, 0.4) is 0 Å². The fourth-order valence-corrected chi connectivity index (χ4v) is 2.60. The van der Waals surface area contributed by atoms with E-state index >= 15 is 0 Å². The molecule has 5 nitrogen and oxygen atoms in total. The van der Waals surface area contributed by atoms with Crippen molar-refractivity contribution in [3.63, 3.8) is 0 Å². The fourth-order valence-electron chi connectivity index (χ4n) is 2.60. The second-order valence-electron chi connectivity index (χ2n) is 5.03. The zero-order chi connectivity index (χ0) is 15.1. The van der Waals surface area contributed by atoms with Gasteiger partial charge in [-0.25, -0.2) is 14.8 Å². The number of esters is 1. The molecule has 0 bridgehead atoms. The molecule has 0 saturated heterocycles. The molecule has 5 heteroatoms. The third-order valence-electron chi connectivity index (χ3n) is 3.64. The first-order valence-electron chi connectivity index (χ1n) is 7.11. The van der Waals surface area contributed by atoms with Crippen molar-refractivity contribution in [3.05, 3.63) is 48.2 Å². The molecule has 4 aromatic rings. The standard InChI is InChI=1S/C17H13N3O2/c1-2-22-17(21)12-9-18-16-15(12)19-13-7-10-5-3-4-6-11(10)8-14(13)20-16/h3-9H,2H2,1H3,(H,18,20). The highest BCUT2D eigenvalue weighted by atomic mass is 16.5. The van der Waals surface area contributed by atoms with Gasteiger partial charge in [-0.15, -0.1) is 0 Å². The minimum absolute atomic E-state index is 0.331. The normalized spacial score (nSPS) is 11.3. The van der Waals surface area contributed by atoms with Gasteiger partial charge < -0.3 is 9.72 Å². The summed E-state index contributed by atoms with van der Waals surface area (Å²) >= 11 is 0. The largest absolute Gasteiger partial charge is 0.462 e. The molecule has 0 aliphatic carbocycles. The topological polar surface area (TPSA) is 67.9 Å². The van der Waals surface area contributed by atoms with Crippen molar-refractivity contribution in [1.82, 2.24) is 15.0 Å². The summed E-state index contributed by atoms with van der Waals surface area (Å²) in [4.78, 5) is 24.1. The fraction of sp³-hybridized carbons (Fsp3) is 0.118. The number of nitrogens with one attached hydrogen (secondary N) is 1. The Balaban J connectivity index is 1.99. The molecule has 0 saturated carbocycles. The number of nitrogens with zero attached hydrogens (tertiary/aromatic N) is 2. The van der Waals surface area contributed by atoms with Crippen molar-refractivity contribution in [3.8, 4) is 0 Å². The number of aromatic amines is 1. The van der Waals surface area contributed by atoms with Crippen molar-refractivity contribution >= 4 is 38.9 Å². The first-order chi connectivity index (χ1) is 10.8. The van der Waals surface area contributed by atoms with Crippen LogP contribution in [0.25, 0.3) is 33.0 Å². The molecule has 0 amide bonds. The molecule has 0 radical (unpaired) electrons. The Hall–Kier alpha value is -2.95. The Morgan fingerprint density at radius 3 is 2.50 bits per heavy atom. The van der Waals surface area contributed by atoms with Crippen molar-refractivity contribution in [1.29, 1.82) is 0 Å². The van der Waals surface area contributed by atoms with E-state index in [0.717, 1.165) is 21.8 Å². The number of carbonyl (C=O) groups is 1. The summed E-state index contributed by atoms with van der Waals surface area (Å²) in [6.07, 6.45) is 1.60. The average Bonchev–Trinajstić information content (AvgIpc) is 2.93. The molecule has 22 heavy (non-hydrogen) atoms. The summed E-state index contributed by atoms with van der Waals surface area (Å²) in [6, 6.07) is 12.0. The van der Waals surface area contributed by atoms with Crippen LogP contribution in [0.4, 0.5) is 0 Å². The average molecular weight is 291 g/mol. The first-order valence-corrected chi connectivity index (χ1v) is 7.11. The molecule has 0 unspecified atom stereocenters. The molecular formula is C17H13N3O2. The number of ether oxygens (including phenoxy) is 1. The smallest absolute Gasteiger partial charge is 0.341 e. The van der Waals surface area contributed by atoms with Crippen LogP contribution in [0.5, 0.6) is 0 Å². The van der Waals surface area contributed by atoms with E-state index in [4.69, 9.17) is 4.74 Å². The highest BCUT2D eigenvalue weighted by molar-refractivity contribution is 6.04. The van der Waals surface area contributed by atoms with Crippen LogP contribution >= 0.6 is 0 Å². The number of carbonyl (C=O) groups excluding carboxylic acids is 1. The summed E-state index contributed by atoms with van der Waals surface area (Å²) in [5.41, 5.74) is 3.10. The van der Waals surface area contributed by atoms with Gasteiger partial charge in [-0.3, -0.25) is 0 Å². The SMILES string of the molecule is CCOC(=O)c1c[nH]c2nc3cc4ccccc4cc3nc12. The van der Waals surface area contributed by atoms with Gasteiger partial charge in [-0.1, -0.05) is 24.3 Å². The molecule has 2 heterocycles. The number of benzene rings is 2. The van der Waals surface area contributed by atoms with Gasteiger partial charge in [-0.05, 0) is 29.8 Å². The molecule has 0 spiro atoms. The Kier molecular flexibility index (Phi) is 2.79. The molecule has 2 aromatic carbocycles. The lowest BCUT2D eigenvalue weighted by atomic mass is 10.1. The summed E-state index contributed by atoms with van der Waals surface area (Å²) in [5, 5.41) is 2.21. The summed E-state index contributed by atoms with van der Waals surface area (Å²) in [5.74, 6) is -0.386. The Bertz CT molecular complexity index is 1020. The zero-order valence-electron chi connectivity index (χ0n) is 12.0. The number of rotatable bonds is 2. The molecule has 0 atom stereocenters. The van der Waals surface area contributed by atoms with Gasteiger partial charge in [0.1, 0.15) is 11.1 Å². The number of aromatic nitrogens is 3. The first kappa shape index (κ1) is 12.8. The monoisotopic (exact) mass is 291 g/mol. The summed E-state index contributed by atoms with van der Waals surface area (Å²) < 4.78 is 5.05. The van der Waals surface area contributed by atoms with Gasteiger partial charge in [0, 0.05) is 6.20 Å². The predicted molar refractivity (Wildman–Crippen MR) is 84.9 cm³/mol. The molecule has 4 rings (SSSR count). The lowest BCUT2D eigenvalue weighted by molar-refractivity contribution is 0.0528. The second-order valence-corrected chi connectivity index (χ2v) is 5.03. The van der Waals surface area contributed by atoms with E-state index < -0.39 is 0 Å². The lowest BCUT2D eigenvalue weighted by Crippen LogP contribution is -2.04. The number of hydrogen-bond acceptors (Lipinski definition) is 4. The molecule has 1 N–H and O–H groups in total. The maximum atomic E-state index is 12.0. The van der Waals surface area contributed by atoms with Gasteiger partial charge in [0.05, 0.1) is 17.6 Å². The Morgan fingerprint density at radius 1 is 1.14 bits per heavy atom. The highest BCUT2D eigenvalue weighted by Crippen LogP contribution is 2.24. The van der Waals surface area contributed by atoms with E-state index in [1.54, 1.807) is 13.1 Å². The van der Waals surface area contributed by atoms with Crippen LogP contribution in [0.2, 0.25) is 0 Å². The lowest BCUT2D eigenvalue weighted by Gasteiger charge is -2.03. The van der Waals surface area contributed by atoms with Gasteiger partial charge in [0.2, 0.25) is 0 Å². The third kappa shape index (κ3) is 1.90. The molecule has 2 aromatic heterocycles. The number of fused-ring (bicyclic) bond motifs is 3. The number of hydrogen-bond donors (Lipinski definition) is 1. The van der Waals surface area contributed by atoms with Crippen LogP contribution in [0.15, 0.2) is 42.6 Å². The maximum absolute atomic E-state index is 12.0. The minimum atomic E-state index is -0.386. The van der Waals surface area contributed by atoms with E-state index in [1.165, 1.54) is 0 Å². The molecule has 0 aliphatic heterocycles. The van der Waals surface area contributed by atoms with Crippen LogP contribution in [-0.4, -0.2) is 27.5 Å². The van der Waals surface area contributed by atoms with Gasteiger partial charge in [-0.2, -0.15) is 0 Å². The van der Waals surface area contributed by atoms with Crippen molar-refractivity contribution < 1.29 is 9.53 Å². The zero-order valence-corrected chi connectivity index (χ0v) is 12.0. The van der Waals surface area contributed by atoms with Crippen LogP contribution in [-0.2, 0) is 4.74 Å². The van der Waals surface area contributed by atoms with Crippen molar-refractivity contribution in [2.24, 2.45) is 0 Å². The molecule has 0 fully saturated rings. The molecular weight excluding hydrogens is 278 g/mol. The second kappa shape index (κ2) is 4.80. The number of H-pyrrole nitrogens is 1. The minimum Gasteiger partial charge on any atom is -0.462 e.